The first-order valence-corrected chi connectivity index (χ1v) is 7.90. The molecule has 0 unspecified atom stereocenters. The molecule has 1 fully saturated rings. The van der Waals surface area contributed by atoms with Crippen LogP contribution in [-0.2, 0) is 13.6 Å². The van der Waals surface area contributed by atoms with E-state index in [1.54, 1.807) is 19.4 Å². The predicted molar refractivity (Wildman–Crippen MR) is 88.8 cm³/mol. The minimum atomic E-state index is -0.426. The summed E-state index contributed by atoms with van der Waals surface area (Å²) in [5.74, 6) is -0.426. The van der Waals surface area contributed by atoms with E-state index in [4.69, 9.17) is 4.42 Å². The smallest absolute Gasteiger partial charge is 0.373 e. The van der Waals surface area contributed by atoms with Gasteiger partial charge < -0.3 is 9.32 Å². The largest absolute Gasteiger partial charge is 0.438 e. The molecule has 1 aliphatic heterocycles. The summed E-state index contributed by atoms with van der Waals surface area (Å²) >= 11 is 0. The molecule has 8 heteroatoms. The van der Waals surface area contributed by atoms with Crippen LogP contribution in [0.25, 0.3) is 11.0 Å². The minimum Gasteiger partial charge on any atom is -0.373 e. The van der Waals surface area contributed by atoms with E-state index in [9.17, 15) is 4.79 Å². The summed E-state index contributed by atoms with van der Waals surface area (Å²) in [6, 6.07) is 6.60. The van der Waals surface area contributed by atoms with Crippen molar-refractivity contribution in [1.82, 2.24) is 24.6 Å². The van der Waals surface area contributed by atoms with Gasteiger partial charge in [0.15, 0.2) is 0 Å². The van der Waals surface area contributed by atoms with Crippen molar-refractivity contribution in [3.8, 4) is 0 Å². The zero-order valence-corrected chi connectivity index (χ0v) is 13.4. The van der Waals surface area contributed by atoms with E-state index in [1.807, 2.05) is 11.0 Å². The summed E-state index contributed by atoms with van der Waals surface area (Å²) in [7, 11) is 1.59. The van der Waals surface area contributed by atoms with Crippen LogP contribution in [0, 0.1) is 0 Å². The summed E-state index contributed by atoms with van der Waals surface area (Å²) < 4.78 is 6.36. The van der Waals surface area contributed by atoms with Crippen LogP contribution in [-0.4, -0.2) is 50.8 Å². The summed E-state index contributed by atoms with van der Waals surface area (Å²) in [5.41, 5.74) is 3.06. The average Bonchev–Trinajstić information content (AvgIpc) is 2.94. The lowest BCUT2D eigenvalue weighted by Gasteiger charge is -2.33. The lowest BCUT2D eigenvalue weighted by atomic mass is 10.1. The van der Waals surface area contributed by atoms with Crippen molar-refractivity contribution < 1.29 is 4.42 Å². The van der Waals surface area contributed by atoms with Gasteiger partial charge in [0.2, 0.25) is 0 Å². The van der Waals surface area contributed by atoms with E-state index < -0.39 is 5.76 Å². The highest BCUT2D eigenvalue weighted by atomic mass is 16.4. The van der Waals surface area contributed by atoms with Gasteiger partial charge >= 0.3 is 11.8 Å². The Balaban J connectivity index is 1.41. The van der Waals surface area contributed by atoms with Gasteiger partial charge in [0, 0.05) is 52.2 Å². The van der Waals surface area contributed by atoms with Gasteiger partial charge in [0.1, 0.15) is 0 Å². The Labute approximate surface area is 138 Å². The standard InChI is InChI=1S/C16H18N6O2/c1-20-16(23)24-15(19-20)22-8-6-21(7-9-22)11-12-2-3-13-14(10-12)18-5-4-17-13/h2-5,10H,6-9,11H2,1H3. The van der Waals surface area contributed by atoms with Crippen molar-refractivity contribution in [2.45, 2.75) is 6.54 Å². The molecule has 3 aromatic rings. The molecule has 1 aromatic carbocycles. The Morgan fingerprint density at radius 2 is 1.83 bits per heavy atom. The molecule has 0 spiro atoms. The molecule has 8 nitrogen and oxygen atoms in total. The summed E-state index contributed by atoms with van der Waals surface area (Å²) in [5, 5.41) is 4.11. The van der Waals surface area contributed by atoms with Gasteiger partial charge in [-0.1, -0.05) is 6.07 Å². The van der Waals surface area contributed by atoms with Crippen molar-refractivity contribution in [2.75, 3.05) is 31.1 Å². The molecule has 4 rings (SSSR count). The average molecular weight is 326 g/mol. The van der Waals surface area contributed by atoms with Crippen LogP contribution in [0.4, 0.5) is 6.01 Å². The van der Waals surface area contributed by atoms with E-state index in [0.29, 0.717) is 6.01 Å². The van der Waals surface area contributed by atoms with Gasteiger partial charge in [0.05, 0.1) is 11.0 Å². The normalized spacial score (nSPS) is 16.0. The number of hydrogen-bond donors (Lipinski definition) is 0. The number of aromatic nitrogens is 4. The molecular weight excluding hydrogens is 308 g/mol. The highest BCUT2D eigenvalue weighted by Gasteiger charge is 2.21. The molecule has 24 heavy (non-hydrogen) atoms. The Bertz CT molecular complexity index is 910. The zero-order chi connectivity index (χ0) is 16.5. The third-order valence-corrected chi connectivity index (χ3v) is 4.26. The van der Waals surface area contributed by atoms with Gasteiger partial charge in [-0.3, -0.25) is 14.9 Å². The van der Waals surface area contributed by atoms with Crippen molar-refractivity contribution in [3.63, 3.8) is 0 Å². The minimum absolute atomic E-state index is 0.406. The summed E-state index contributed by atoms with van der Waals surface area (Å²) in [6.45, 7) is 4.21. The van der Waals surface area contributed by atoms with Crippen molar-refractivity contribution in [2.24, 2.45) is 7.05 Å². The SMILES string of the molecule is Cn1nc(N2CCN(Cc3ccc4nccnc4c3)CC2)oc1=O. The molecule has 1 saturated heterocycles. The maximum absolute atomic E-state index is 11.4. The predicted octanol–water partition coefficient (Wildman–Crippen LogP) is 0.639. The van der Waals surface area contributed by atoms with Crippen molar-refractivity contribution in [3.05, 3.63) is 46.7 Å². The quantitative estimate of drug-likeness (QED) is 0.698. The van der Waals surface area contributed by atoms with Gasteiger partial charge in [-0.05, 0) is 17.7 Å². The second-order valence-electron chi connectivity index (χ2n) is 5.92. The van der Waals surface area contributed by atoms with Crippen LogP contribution in [0.3, 0.4) is 0 Å². The molecular formula is C16H18N6O2. The van der Waals surface area contributed by atoms with E-state index in [1.165, 1.54) is 10.2 Å². The number of rotatable bonds is 3. The number of aryl methyl sites for hydroxylation is 1. The lowest BCUT2D eigenvalue weighted by Crippen LogP contribution is -2.46. The number of piperazine rings is 1. The number of nitrogens with zero attached hydrogens (tertiary/aromatic N) is 6. The van der Waals surface area contributed by atoms with Crippen LogP contribution in [0.5, 0.6) is 0 Å². The van der Waals surface area contributed by atoms with Crippen LogP contribution in [0.2, 0.25) is 0 Å². The summed E-state index contributed by atoms with van der Waals surface area (Å²) in [6.07, 6.45) is 3.42. The van der Waals surface area contributed by atoms with E-state index in [0.717, 1.165) is 43.8 Å². The molecule has 0 N–H and O–H groups in total. The van der Waals surface area contributed by atoms with Gasteiger partial charge in [0.25, 0.3) is 0 Å². The molecule has 0 radical (unpaired) electrons. The van der Waals surface area contributed by atoms with Crippen molar-refractivity contribution in [1.29, 1.82) is 0 Å². The Morgan fingerprint density at radius 3 is 2.54 bits per heavy atom. The fourth-order valence-corrected chi connectivity index (χ4v) is 2.92. The first kappa shape index (κ1) is 14.8. The fourth-order valence-electron chi connectivity index (χ4n) is 2.92. The first-order valence-electron chi connectivity index (χ1n) is 7.90. The molecule has 0 atom stereocenters. The maximum Gasteiger partial charge on any atom is 0.438 e. The number of benzene rings is 1. The van der Waals surface area contributed by atoms with Crippen LogP contribution < -0.4 is 10.7 Å². The molecule has 3 heterocycles. The molecule has 2 aromatic heterocycles. The van der Waals surface area contributed by atoms with Crippen LogP contribution in [0.15, 0.2) is 39.8 Å². The van der Waals surface area contributed by atoms with Crippen LogP contribution in [0.1, 0.15) is 5.56 Å². The third kappa shape index (κ3) is 2.88. The molecule has 0 saturated carbocycles. The third-order valence-electron chi connectivity index (χ3n) is 4.26. The Kier molecular flexibility index (Phi) is 3.73. The van der Waals surface area contributed by atoms with Gasteiger partial charge in [-0.25, -0.2) is 4.79 Å². The first-order chi connectivity index (χ1) is 11.7. The van der Waals surface area contributed by atoms with Crippen LogP contribution >= 0.6 is 0 Å². The topological polar surface area (TPSA) is 80.3 Å². The number of fused-ring (bicyclic) bond motifs is 1. The number of anilines is 1. The van der Waals surface area contributed by atoms with E-state index >= 15 is 0 Å². The number of hydrogen-bond acceptors (Lipinski definition) is 7. The highest BCUT2D eigenvalue weighted by Crippen LogP contribution is 2.16. The molecule has 0 bridgehead atoms. The molecule has 0 aliphatic carbocycles. The fraction of sp³-hybridized carbons (Fsp3) is 0.375. The monoisotopic (exact) mass is 326 g/mol. The Morgan fingerprint density at radius 1 is 1.08 bits per heavy atom. The van der Waals surface area contributed by atoms with Gasteiger partial charge in [-0.2, -0.15) is 4.68 Å². The molecule has 124 valence electrons. The second kappa shape index (κ2) is 6.04. The molecule has 1 aliphatic rings. The lowest BCUT2D eigenvalue weighted by molar-refractivity contribution is 0.245. The Hall–Kier alpha value is -2.74. The van der Waals surface area contributed by atoms with E-state index in [2.05, 4.69) is 32.1 Å². The van der Waals surface area contributed by atoms with Gasteiger partial charge in [-0.15, -0.1) is 5.10 Å². The molecule has 0 amide bonds. The van der Waals surface area contributed by atoms with Crippen molar-refractivity contribution >= 4 is 17.0 Å². The van der Waals surface area contributed by atoms with E-state index in [-0.39, 0.29) is 0 Å². The second-order valence-corrected chi connectivity index (χ2v) is 5.92. The zero-order valence-electron chi connectivity index (χ0n) is 13.4. The summed E-state index contributed by atoms with van der Waals surface area (Å²) in [4.78, 5) is 24.4. The highest BCUT2D eigenvalue weighted by molar-refractivity contribution is 5.74. The maximum atomic E-state index is 11.4.